The second kappa shape index (κ2) is 7.33. The number of anilines is 2. The fourth-order valence-electron chi connectivity index (χ4n) is 1.90. The molecule has 0 bridgehead atoms. The molecule has 2 rings (SSSR count). The summed E-state index contributed by atoms with van der Waals surface area (Å²) in [5.74, 6) is -0.512. The van der Waals surface area contributed by atoms with Crippen LogP contribution in [0.4, 0.5) is 15.8 Å². The lowest BCUT2D eigenvalue weighted by Gasteiger charge is -2.16. The quantitative estimate of drug-likeness (QED) is 0.898. The fourth-order valence-corrected chi connectivity index (χ4v) is 2.11. The molecule has 1 amide bonds. The monoisotopic (exact) mass is 336 g/mol. The van der Waals surface area contributed by atoms with E-state index in [9.17, 15) is 9.18 Å². The highest BCUT2D eigenvalue weighted by atomic mass is 35.5. The minimum atomic E-state index is -0.772. The van der Waals surface area contributed by atoms with E-state index in [0.29, 0.717) is 5.69 Å². The summed E-state index contributed by atoms with van der Waals surface area (Å²) in [6, 6.07) is 11.2. The molecule has 0 aliphatic heterocycles. The predicted molar refractivity (Wildman–Crippen MR) is 90.9 cm³/mol. The van der Waals surface area contributed by atoms with Gasteiger partial charge in [0.15, 0.2) is 6.10 Å². The first-order valence-electron chi connectivity index (χ1n) is 7.07. The Morgan fingerprint density at radius 3 is 2.43 bits per heavy atom. The smallest absolute Gasteiger partial charge is 0.265 e. The Balaban J connectivity index is 1.99. The Morgan fingerprint density at radius 1 is 1.22 bits per heavy atom. The second-order valence-electron chi connectivity index (χ2n) is 5.27. The largest absolute Gasteiger partial charge is 0.479 e. The molecule has 0 saturated heterocycles. The number of benzene rings is 2. The van der Waals surface area contributed by atoms with Gasteiger partial charge in [0.2, 0.25) is 0 Å². The molecule has 2 aromatic carbocycles. The van der Waals surface area contributed by atoms with Crippen LogP contribution in [0.25, 0.3) is 0 Å². The van der Waals surface area contributed by atoms with Crippen LogP contribution < -0.4 is 15.0 Å². The molecule has 0 radical (unpaired) electrons. The lowest BCUT2D eigenvalue weighted by atomic mass is 10.2. The molecule has 1 atom stereocenters. The number of nitrogens with one attached hydrogen (secondary N) is 1. The Bertz CT molecular complexity index is 689. The highest BCUT2D eigenvalue weighted by Crippen LogP contribution is 2.26. The first kappa shape index (κ1) is 17.1. The normalized spacial score (nSPS) is 11.7. The summed E-state index contributed by atoms with van der Waals surface area (Å²) < 4.78 is 18.5. The lowest BCUT2D eigenvalue weighted by molar-refractivity contribution is -0.122. The van der Waals surface area contributed by atoms with Crippen LogP contribution in [0.1, 0.15) is 6.92 Å². The molecule has 0 fully saturated rings. The van der Waals surface area contributed by atoms with Gasteiger partial charge >= 0.3 is 0 Å². The molecule has 1 unspecified atom stereocenters. The maximum Gasteiger partial charge on any atom is 0.265 e. The summed E-state index contributed by atoms with van der Waals surface area (Å²) in [6.07, 6.45) is -0.772. The molecule has 0 aliphatic carbocycles. The zero-order valence-corrected chi connectivity index (χ0v) is 13.9. The summed E-state index contributed by atoms with van der Waals surface area (Å²) >= 11 is 5.88. The van der Waals surface area contributed by atoms with Gasteiger partial charge in [-0.05, 0) is 49.4 Å². The number of rotatable bonds is 5. The Kier molecular flexibility index (Phi) is 5.45. The highest BCUT2D eigenvalue weighted by Gasteiger charge is 2.16. The van der Waals surface area contributed by atoms with Gasteiger partial charge in [-0.15, -0.1) is 0 Å². The molecule has 0 aliphatic rings. The summed E-state index contributed by atoms with van der Waals surface area (Å²) in [5.41, 5.74) is 1.70. The number of hydrogen-bond acceptors (Lipinski definition) is 3. The van der Waals surface area contributed by atoms with Gasteiger partial charge in [-0.1, -0.05) is 11.6 Å². The van der Waals surface area contributed by atoms with Crippen molar-refractivity contribution in [3.05, 3.63) is 53.3 Å². The van der Waals surface area contributed by atoms with E-state index in [1.54, 1.807) is 6.92 Å². The maximum atomic E-state index is 13.0. The van der Waals surface area contributed by atoms with E-state index < -0.39 is 11.9 Å². The van der Waals surface area contributed by atoms with Crippen LogP contribution in [0.3, 0.4) is 0 Å². The summed E-state index contributed by atoms with van der Waals surface area (Å²) in [7, 11) is 3.88. The van der Waals surface area contributed by atoms with Gasteiger partial charge in [-0.25, -0.2) is 4.39 Å². The SMILES string of the molecule is CC(Oc1ccc(F)cc1Cl)C(=O)Nc1ccc(N(C)C)cc1. The van der Waals surface area contributed by atoms with Crippen LogP contribution in [0.15, 0.2) is 42.5 Å². The number of amides is 1. The van der Waals surface area contributed by atoms with Crippen molar-refractivity contribution in [1.82, 2.24) is 0 Å². The lowest BCUT2D eigenvalue weighted by Crippen LogP contribution is -2.30. The highest BCUT2D eigenvalue weighted by molar-refractivity contribution is 6.32. The van der Waals surface area contributed by atoms with Crippen molar-refractivity contribution in [3.63, 3.8) is 0 Å². The van der Waals surface area contributed by atoms with E-state index >= 15 is 0 Å². The number of hydrogen-bond donors (Lipinski definition) is 1. The van der Waals surface area contributed by atoms with Crippen LogP contribution in [0.5, 0.6) is 5.75 Å². The van der Waals surface area contributed by atoms with Crippen molar-refractivity contribution in [3.8, 4) is 5.75 Å². The Labute approximate surface area is 139 Å². The third-order valence-electron chi connectivity index (χ3n) is 3.22. The van der Waals surface area contributed by atoms with Gasteiger partial charge < -0.3 is 15.0 Å². The third kappa shape index (κ3) is 4.60. The van der Waals surface area contributed by atoms with Crippen molar-refractivity contribution in [2.75, 3.05) is 24.3 Å². The summed E-state index contributed by atoms with van der Waals surface area (Å²) in [6.45, 7) is 1.60. The van der Waals surface area contributed by atoms with Gasteiger partial charge in [0.25, 0.3) is 5.91 Å². The molecular formula is C17H18ClFN2O2. The zero-order valence-electron chi connectivity index (χ0n) is 13.1. The maximum absolute atomic E-state index is 13.0. The van der Waals surface area contributed by atoms with Crippen molar-refractivity contribution in [2.24, 2.45) is 0 Å². The Morgan fingerprint density at radius 2 is 1.87 bits per heavy atom. The number of carbonyl (C=O) groups is 1. The average molecular weight is 337 g/mol. The number of nitrogens with zero attached hydrogens (tertiary/aromatic N) is 1. The van der Waals surface area contributed by atoms with E-state index in [1.165, 1.54) is 12.1 Å². The van der Waals surface area contributed by atoms with Gasteiger partial charge in [0, 0.05) is 25.5 Å². The van der Waals surface area contributed by atoms with Gasteiger partial charge in [-0.3, -0.25) is 4.79 Å². The molecule has 0 aromatic heterocycles. The molecule has 0 heterocycles. The molecule has 4 nitrogen and oxygen atoms in total. The van der Waals surface area contributed by atoms with E-state index in [2.05, 4.69) is 5.32 Å². The zero-order chi connectivity index (χ0) is 17.0. The average Bonchev–Trinajstić information content (AvgIpc) is 2.50. The number of carbonyl (C=O) groups excluding carboxylic acids is 1. The summed E-state index contributed by atoms with van der Waals surface area (Å²) in [4.78, 5) is 14.1. The molecule has 0 spiro atoms. The summed E-state index contributed by atoms with van der Waals surface area (Å²) in [5, 5.41) is 2.88. The third-order valence-corrected chi connectivity index (χ3v) is 3.51. The minimum absolute atomic E-state index is 0.125. The van der Waals surface area contributed by atoms with Crippen molar-refractivity contribution in [2.45, 2.75) is 13.0 Å². The van der Waals surface area contributed by atoms with Crippen LogP contribution in [0, 0.1) is 5.82 Å². The van der Waals surface area contributed by atoms with Crippen molar-refractivity contribution >= 4 is 28.9 Å². The molecular weight excluding hydrogens is 319 g/mol. The van der Waals surface area contributed by atoms with E-state index in [1.807, 2.05) is 43.3 Å². The van der Waals surface area contributed by atoms with E-state index in [4.69, 9.17) is 16.3 Å². The van der Waals surface area contributed by atoms with Gasteiger partial charge in [0.1, 0.15) is 11.6 Å². The first-order chi connectivity index (χ1) is 10.9. The number of ether oxygens (including phenoxy) is 1. The Hall–Kier alpha value is -2.27. The van der Waals surface area contributed by atoms with Gasteiger partial charge in [-0.2, -0.15) is 0 Å². The molecule has 23 heavy (non-hydrogen) atoms. The van der Waals surface area contributed by atoms with E-state index in [0.717, 1.165) is 11.8 Å². The second-order valence-corrected chi connectivity index (χ2v) is 5.67. The molecule has 2 aromatic rings. The van der Waals surface area contributed by atoms with Crippen molar-refractivity contribution in [1.29, 1.82) is 0 Å². The predicted octanol–water partition coefficient (Wildman–Crippen LogP) is 3.95. The van der Waals surface area contributed by atoms with Crippen LogP contribution in [0.2, 0.25) is 5.02 Å². The topological polar surface area (TPSA) is 41.6 Å². The fraction of sp³-hybridized carbons (Fsp3) is 0.235. The molecule has 1 N–H and O–H groups in total. The van der Waals surface area contributed by atoms with Crippen molar-refractivity contribution < 1.29 is 13.9 Å². The number of halogens is 2. The molecule has 0 saturated carbocycles. The van der Waals surface area contributed by atoms with Gasteiger partial charge in [0.05, 0.1) is 5.02 Å². The van der Waals surface area contributed by atoms with Crippen LogP contribution in [-0.4, -0.2) is 26.1 Å². The molecule has 122 valence electrons. The van der Waals surface area contributed by atoms with Crippen LogP contribution in [-0.2, 0) is 4.79 Å². The first-order valence-corrected chi connectivity index (χ1v) is 7.44. The van der Waals surface area contributed by atoms with Crippen LogP contribution >= 0.6 is 11.6 Å². The minimum Gasteiger partial charge on any atom is -0.479 e. The standard InChI is InChI=1S/C17H18ClFN2O2/c1-11(23-16-9-4-12(19)10-15(16)18)17(22)20-13-5-7-14(8-6-13)21(2)3/h4-11H,1-3H3,(H,20,22). The van der Waals surface area contributed by atoms with E-state index in [-0.39, 0.29) is 16.7 Å². The molecule has 6 heteroatoms.